The van der Waals surface area contributed by atoms with Gasteiger partial charge in [0.05, 0.1) is 5.56 Å². The molecule has 0 aliphatic rings. The zero-order valence-corrected chi connectivity index (χ0v) is 17.3. The van der Waals surface area contributed by atoms with Crippen LogP contribution in [0.25, 0.3) is 0 Å². The van der Waals surface area contributed by atoms with Gasteiger partial charge in [0.2, 0.25) is 0 Å². The van der Waals surface area contributed by atoms with Gasteiger partial charge in [-0.3, -0.25) is 4.79 Å². The molecule has 1 amide bonds. The van der Waals surface area contributed by atoms with Crippen LogP contribution in [0.15, 0.2) is 71.3 Å². The molecule has 1 aromatic heterocycles. The van der Waals surface area contributed by atoms with Gasteiger partial charge in [-0.25, -0.2) is 9.78 Å². The van der Waals surface area contributed by atoms with Gasteiger partial charge in [0.15, 0.2) is 6.61 Å². The van der Waals surface area contributed by atoms with Gasteiger partial charge in [0, 0.05) is 22.0 Å². The van der Waals surface area contributed by atoms with Crippen molar-refractivity contribution >= 4 is 45.0 Å². The van der Waals surface area contributed by atoms with Crippen molar-refractivity contribution in [3.63, 3.8) is 0 Å². The maximum absolute atomic E-state index is 12.9. The maximum Gasteiger partial charge on any atom is 0.416 e. The molecule has 6 nitrogen and oxygen atoms in total. The number of carbonyl (C=O) groups excluding carboxylic acids is 2. The molecule has 0 saturated heterocycles. The number of aromatic nitrogens is 1. The van der Waals surface area contributed by atoms with Crippen LogP contribution in [0.3, 0.4) is 0 Å². The number of amides is 1. The molecule has 10 heteroatoms. The summed E-state index contributed by atoms with van der Waals surface area (Å²) in [6, 6.07) is 14.1. The van der Waals surface area contributed by atoms with Crippen molar-refractivity contribution in [3.05, 3.63) is 82.5 Å². The molecule has 0 spiro atoms. The van der Waals surface area contributed by atoms with Crippen LogP contribution in [0.1, 0.15) is 15.9 Å². The van der Waals surface area contributed by atoms with E-state index in [1.54, 1.807) is 24.3 Å². The quantitative estimate of drug-likeness (QED) is 0.449. The first-order chi connectivity index (χ1) is 14.7. The number of hydrogen-bond acceptors (Lipinski definition) is 5. The highest BCUT2D eigenvalue weighted by Gasteiger charge is 2.30. The number of benzene rings is 2. The third kappa shape index (κ3) is 6.29. The fourth-order valence-electron chi connectivity index (χ4n) is 2.52. The molecule has 2 N–H and O–H groups in total. The number of hydrogen-bond donors (Lipinski definition) is 2. The number of pyridine rings is 1. The average Bonchev–Trinajstić information content (AvgIpc) is 2.74. The summed E-state index contributed by atoms with van der Waals surface area (Å²) >= 11 is 3.28. The summed E-state index contributed by atoms with van der Waals surface area (Å²) < 4.78 is 44.6. The van der Waals surface area contributed by atoms with E-state index in [-0.39, 0.29) is 17.1 Å². The average molecular weight is 494 g/mol. The number of rotatable bonds is 6. The summed E-state index contributed by atoms with van der Waals surface area (Å²) in [5, 5.41) is 5.26. The van der Waals surface area contributed by atoms with Gasteiger partial charge in [0.1, 0.15) is 11.4 Å². The minimum Gasteiger partial charge on any atom is -0.452 e. The molecule has 3 rings (SSSR count). The predicted molar refractivity (Wildman–Crippen MR) is 112 cm³/mol. The molecule has 160 valence electrons. The summed E-state index contributed by atoms with van der Waals surface area (Å²) in [4.78, 5) is 28.4. The fraction of sp³-hybridized carbons (Fsp3) is 0.0952. The second kappa shape index (κ2) is 9.61. The van der Waals surface area contributed by atoms with Gasteiger partial charge < -0.3 is 15.4 Å². The van der Waals surface area contributed by atoms with E-state index in [0.717, 1.165) is 16.6 Å². The second-order valence-electron chi connectivity index (χ2n) is 6.23. The highest BCUT2D eigenvalue weighted by Crippen LogP contribution is 2.31. The summed E-state index contributed by atoms with van der Waals surface area (Å²) in [6.45, 7) is -0.549. The summed E-state index contributed by atoms with van der Waals surface area (Å²) in [6.07, 6.45) is -3.14. The number of alkyl halides is 3. The standard InChI is InChI=1S/C21H15BrF3N3O3/c22-14-6-8-15(9-7-14)27-18(29)12-31-20(30)17-5-2-10-26-19(17)28-16-4-1-3-13(11-16)21(23,24)25/h1-11H,12H2,(H,26,28)(H,27,29). The van der Waals surface area contributed by atoms with Gasteiger partial charge in [-0.15, -0.1) is 0 Å². The third-order valence-corrected chi connectivity index (χ3v) is 4.47. The molecule has 31 heavy (non-hydrogen) atoms. The lowest BCUT2D eigenvalue weighted by molar-refractivity contribution is -0.137. The Kier molecular flexibility index (Phi) is 6.91. The third-order valence-electron chi connectivity index (χ3n) is 3.94. The first kappa shape index (κ1) is 22.3. The van der Waals surface area contributed by atoms with Crippen molar-refractivity contribution in [1.29, 1.82) is 0 Å². The summed E-state index contributed by atoms with van der Waals surface area (Å²) in [5.74, 6) is -1.40. The lowest BCUT2D eigenvalue weighted by Gasteiger charge is -2.13. The number of carbonyl (C=O) groups is 2. The Hall–Kier alpha value is -3.40. The highest BCUT2D eigenvalue weighted by molar-refractivity contribution is 9.10. The van der Waals surface area contributed by atoms with E-state index in [1.807, 2.05) is 0 Å². The van der Waals surface area contributed by atoms with Crippen LogP contribution in [0.4, 0.5) is 30.4 Å². The molecule has 0 bridgehead atoms. The summed E-state index contributed by atoms with van der Waals surface area (Å²) in [7, 11) is 0. The number of nitrogens with one attached hydrogen (secondary N) is 2. The monoisotopic (exact) mass is 493 g/mol. The van der Waals surface area contributed by atoms with Crippen LogP contribution in [0, 0.1) is 0 Å². The van der Waals surface area contributed by atoms with E-state index in [0.29, 0.717) is 5.69 Å². The van der Waals surface area contributed by atoms with Crippen molar-refractivity contribution in [1.82, 2.24) is 4.98 Å². The smallest absolute Gasteiger partial charge is 0.416 e. The Morgan fingerprint density at radius 1 is 1.00 bits per heavy atom. The van der Waals surface area contributed by atoms with Crippen molar-refractivity contribution in [2.45, 2.75) is 6.18 Å². The predicted octanol–water partition coefficient (Wildman–Crippen LogP) is 5.40. The number of esters is 1. The van der Waals surface area contributed by atoms with Crippen LogP contribution in [0.2, 0.25) is 0 Å². The molecule has 0 saturated carbocycles. The van der Waals surface area contributed by atoms with Crippen molar-refractivity contribution in [2.75, 3.05) is 17.2 Å². The molecule has 0 fully saturated rings. The van der Waals surface area contributed by atoms with Gasteiger partial charge in [0.25, 0.3) is 5.91 Å². The summed E-state index contributed by atoms with van der Waals surface area (Å²) in [5.41, 5.74) is -0.258. The molecule has 0 aliphatic carbocycles. The lowest BCUT2D eigenvalue weighted by atomic mass is 10.2. The minimum atomic E-state index is -4.51. The van der Waals surface area contributed by atoms with E-state index < -0.39 is 30.2 Å². The Morgan fingerprint density at radius 2 is 1.74 bits per heavy atom. The van der Waals surface area contributed by atoms with Gasteiger partial charge >= 0.3 is 12.1 Å². The van der Waals surface area contributed by atoms with Gasteiger partial charge in [-0.2, -0.15) is 13.2 Å². The molecular weight excluding hydrogens is 479 g/mol. The van der Waals surface area contributed by atoms with E-state index in [2.05, 4.69) is 31.5 Å². The Bertz CT molecular complexity index is 1090. The molecule has 0 unspecified atom stereocenters. The number of nitrogens with zero attached hydrogens (tertiary/aromatic N) is 1. The largest absolute Gasteiger partial charge is 0.452 e. The number of anilines is 3. The van der Waals surface area contributed by atoms with E-state index in [9.17, 15) is 22.8 Å². The van der Waals surface area contributed by atoms with E-state index in [1.165, 1.54) is 30.5 Å². The maximum atomic E-state index is 12.9. The van der Waals surface area contributed by atoms with Crippen LogP contribution in [0.5, 0.6) is 0 Å². The number of halogens is 4. The molecular formula is C21H15BrF3N3O3. The Morgan fingerprint density at radius 3 is 2.45 bits per heavy atom. The van der Waals surface area contributed by atoms with Gasteiger partial charge in [-0.1, -0.05) is 22.0 Å². The molecule has 1 heterocycles. The zero-order valence-electron chi connectivity index (χ0n) is 15.7. The molecule has 3 aromatic rings. The van der Waals surface area contributed by atoms with Crippen LogP contribution in [-0.4, -0.2) is 23.5 Å². The van der Waals surface area contributed by atoms with Crippen LogP contribution in [-0.2, 0) is 15.7 Å². The Labute approximate surface area is 183 Å². The SMILES string of the molecule is O=C(COC(=O)c1cccnc1Nc1cccc(C(F)(F)F)c1)Nc1ccc(Br)cc1. The fourth-order valence-corrected chi connectivity index (χ4v) is 2.78. The van der Waals surface area contributed by atoms with Crippen LogP contribution < -0.4 is 10.6 Å². The topological polar surface area (TPSA) is 80.3 Å². The second-order valence-corrected chi connectivity index (χ2v) is 7.15. The first-order valence-electron chi connectivity index (χ1n) is 8.84. The van der Waals surface area contributed by atoms with Crippen molar-refractivity contribution in [3.8, 4) is 0 Å². The van der Waals surface area contributed by atoms with Crippen LogP contribution >= 0.6 is 15.9 Å². The molecule has 0 atom stereocenters. The molecule has 0 aliphatic heterocycles. The first-order valence-corrected chi connectivity index (χ1v) is 9.63. The highest BCUT2D eigenvalue weighted by atomic mass is 79.9. The van der Waals surface area contributed by atoms with E-state index in [4.69, 9.17) is 4.74 Å². The lowest BCUT2D eigenvalue weighted by Crippen LogP contribution is -2.21. The van der Waals surface area contributed by atoms with Crippen molar-refractivity contribution in [2.24, 2.45) is 0 Å². The van der Waals surface area contributed by atoms with Gasteiger partial charge in [-0.05, 0) is 54.6 Å². The molecule has 0 radical (unpaired) electrons. The van der Waals surface area contributed by atoms with E-state index >= 15 is 0 Å². The van der Waals surface area contributed by atoms with Crippen molar-refractivity contribution < 1.29 is 27.5 Å². The normalized spacial score (nSPS) is 11.0. The zero-order chi connectivity index (χ0) is 22.4. The molecule has 2 aromatic carbocycles. The number of ether oxygens (including phenoxy) is 1. The Balaban J connectivity index is 1.66. The minimum absolute atomic E-state index is 0.000132.